The predicted molar refractivity (Wildman–Crippen MR) is 106 cm³/mol. The molecule has 0 fully saturated rings. The zero-order valence-electron chi connectivity index (χ0n) is 16.0. The molecular formula is C22H24F3N3. The first-order valence-corrected chi connectivity index (χ1v) is 9.12. The third-order valence-corrected chi connectivity index (χ3v) is 4.92. The van der Waals surface area contributed by atoms with Crippen molar-refractivity contribution in [2.75, 3.05) is 6.54 Å². The van der Waals surface area contributed by atoms with Gasteiger partial charge >= 0.3 is 6.18 Å². The van der Waals surface area contributed by atoms with E-state index in [2.05, 4.69) is 54.1 Å². The quantitative estimate of drug-likeness (QED) is 0.540. The molecular weight excluding hydrogens is 363 g/mol. The van der Waals surface area contributed by atoms with Gasteiger partial charge in [0, 0.05) is 23.5 Å². The SMILES string of the molecule is C=C(CC(F)(F)F)NCC(C)(C)C(c1ccccc1)c1ccc2[nH]ncc2c1. The van der Waals surface area contributed by atoms with Gasteiger partial charge in [0.2, 0.25) is 0 Å². The van der Waals surface area contributed by atoms with E-state index in [1.54, 1.807) is 6.20 Å². The number of allylic oxidation sites excluding steroid dienone is 1. The molecule has 1 atom stereocenters. The molecule has 3 aromatic rings. The molecule has 2 N–H and O–H groups in total. The highest BCUT2D eigenvalue weighted by Crippen LogP contribution is 2.41. The number of nitrogens with one attached hydrogen (secondary N) is 2. The van der Waals surface area contributed by atoms with E-state index in [1.165, 1.54) is 0 Å². The van der Waals surface area contributed by atoms with E-state index < -0.39 is 12.6 Å². The number of alkyl halides is 3. The minimum Gasteiger partial charge on any atom is -0.388 e. The highest BCUT2D eigenvalue weighted by Gasteiger charge is 2.34. The second kappa shape index (κ2) is 7.70. The van der Waals surface area contributed by atoms with Crippen LogP contribution in [0, 0.1) is 5.41 Å². The lowest BCUT2D eigenvalue weighted by Crippen LogP contribution is -2.35. The van der Waals surface area contributed by atoms with E-state index >= 15 is 0 Å². The molecule has 3 rings (SSSR count). The van der Waals surface area contributed by atoms with Crippen LogP contribution in [-0.4, -0.2) is 22.9 Å². The third-order valence-electron chi connectivity index (χ3n) is 4.92. The summed E-state index contributed by atoms with van der Waals surface area (Å²) in [6.07, 6.45) is -3.52. The molecule has 3 nitrogen and oxygen atoms in total. The van der Waals surface area contributed by atoms with E-state index in [0.717, 1.165) is 22.0 Å². The lowest BCUT2D eigenvalue weighted by molar-refractivity contribution is -0.128. The van der Waals surface area contributed by atoms with Crippen LogP contribution >= 0.6 is 0 Å². The van der Waals surface area contributed by atoms with E-state index in [-0.39, 0.29) is 17.0 Å². The first-order valence-electron chi connectivity index (χ1n) is 9.12. The van der Waals surface area contributed by atoms with Crippen LogP contribution in [0.3, 0.4) is 0 Å². The van der Waals surface area contributed by atoms with E-state index in [9.17, 15) is 13.2 Å². The molecule has 0 radical (unpaired) electrons. The molecule has 1 unspecified atom stereocenters. The van der Waals surface area contributed by atoms with Gasteiger partial charge in [0.15, 0.2) is 0 Å². The number of aromatic nitrogens is 2. The fourth-order valence-electron chi connectivity index (χ4n) is 3.64. The molecule has 0 amide bonds. The second-order valence-corrected chi connectivity index (χ2v) is 7.80. The Kier molecular flexibility index (Phi) is 5.49. The minimum absolute atomic E-state index is 0.0146. The number of nitrogens with zero attached hydrogens (tertiary/aromatic N) is 1. The average Bonchev–Trinajstić information content (AvgIpc) is 3.07. The number of hydrogen-bond donors (Lipinski definition) is 2. The van der Waals surface area contributed by atoms with Crippen molar-refractivity contribution in [2.45, 2.75) is 32.4 Å². The van der Waals surface area contributed by atoms with Gasteiger partial charge in [0.1, 0.15) is 0 Å². The molecule has 0 aliphatic heterocycles. The maximum absolute atomic E-state index is 12.6. The molecule has 1 heterocycles. The van der Waals surface area contributed by atoms with Crippen LogP contribution in [0.25, 0.3) is 10.9 Å². The van der Waals surface area contributed by atoms with Gasteiger partial charge in [0.05, 0.1) is 18.1 Å². The summed E-state index contributed by atoms with van der Waals surface area (Å²) in [6.45, 7) is 8.01. The summed E-state index contributed by atoms with van der Waals surface area (Å²) >= 11 is 0. The summed E-state index contributed by atoms with van der Waals surface area (Å²) in [5, 5.41) is 10.9. The van der Waals surface area contributed by atoms with Crippen molar-refractivity contribution in [3.05, 3.63) is 78.1 Å². The van der Waals surface area contributed by atoms with Crippen molar-refractivity contribution < 1.29 is 13.2 Å². The molecule has 0 spiro atoms. The molecule has 148 valence electrons. The van der Waals surface area contributed by atoms with Crippen molar-refractivity contribution >= 4 is 10.9 Å². The Balaban J connectivity index is 1.90. The molecule has 6 heteroatoms. The number of fused-ring (bicyclic) bond motifs is 1. The second-order valence-electron chi connectivity index (χ2n) is 7.80. The Morgan fingerprint density at radius 3 is 2.50 bits per heavy atom. The van der Waals surface area contributed by atoms with Gasteiger partial charge in [-0.2, -0.15) is 18.3 Å². The Hall–Kier alpha value is -2.76. The summed E-state index contributed by atoms with van der Waals surface area (Å²) in [6, 6.07) is 16.1. The van der Waals surface area contributed by atoms with Crippen molar-refractivity contribution in [2.24, 2.45) is 5.41 Å². The maximum Gasteiger partial charge on any atom is 0.394 e. The number of rotatable bonds is 7. The Morgan fingerprint density at radius 1 is 1.11 bits per heavy atom. The van der Waals surface area contributed by atoms with Crippen LogP contribution in [0.2, 0.25) is 0 Å². The molecule has 0 aliphatic rings. The summed E-state index contributed by atoms with van der Waals surface area (Å²) in [5.74, 6) is -0.0146. The fraction of sp³-hybridized carbons (Fsp3) is 0.318. The highest BCUT2D eigenvalue weighted by atomic mass is 19.4. The number of benzene rings is 2. The van der Waals surface area contributed by atoms with Crippen molar-refractivity contribution in [1.82, 2.24) is 15.5 Å². The molecule has 0 aliphatic carbocycles. The minimum atomic E-state index is -4.26. The summed E-state index contributed by atoms with van der Waals surface area (Å²) in [7, 11) is 0. The van der Waals surface area contributed by atoms with Gasteiger partial charge < -0.3 is 5.32 Å². The average molecular weight is 387 g/mol. The monoisotopic (exact) mass is 387 g/mol. The van der Waals surface area contributed by atoms with Gasteiger partial charge in [-0.15, -0.1) is 0 Å². The first kappa shape index (κ1) is 20.0. The van der Waals surface area contributed by atoms with Crippen molar-refractivity contribution in [1.29, 1.82) is 0 Å². The van der Waals surface area contributed by atoms with Gasteiger partial charge in [-0.25, -0.2) is 0 Å². The largest absolute Gasteiger partial charge is 0.394 e. The van der Waals surface area contributed by atoms with E-state index in [4.69, 9.17) is 0 Å². The number of hydrogen-bond acceptors (Lipinski definition) is 2. The molecule has 0 saturated heterocycles. The van der Waals surface area contributed by atoms with Gasteiger partial charge in [-0.05, 0) is 28.7 Å². The van der Waals surface area contributed by atoms with Crippen LogP contribution in [0.1, 0.15) is 37.3 Å². The number of aromatic amines is 1. The Morgan fingerprint density at radius 2 is 1.82 bits per heavy atom. The molecule has 1 aromatic heterocycles. The zero-order valence-corrected chi connectivity index (χ0v) is 16.0. The van der Waals surface area contributed by atoms with Crippen LogP contribution in [0.5, 0.6) is 0 Å². The van der Waals surface area contributed by atoms with Crippen LogP contribution < -0.4 is 5.32 Å². The van der Waals surface area contributed by atoms with Crippen LogP contribution in [0.4, 0.5) is 13.2 Å². The number of halogens is 3. The molecule has 2 aromatic carbocycles. The lowest BCUT2D eigenvalue weighted by Gasteiger charge is -2.36. The van der Waals surface area contributed by atoms with Crippen LogP contribution in [-0.2, 0) is 0 Å². The van der Waals surface area contributed by atoms with Gasteiger partial charge in [0.25, 0.3) is 0 Å². The van der Waals surface area contributed by atoms with Crippen molar-refractivity contribution in [3.8, 4) is 0 Å². The third kappa shape index (κ3) is 4.74. The summed E-state index contributed by atoms with van der Waals surface area (Å²) < 4.78 is 37.9. The normalized spacial score (nSPS) is 13.5. The van der Waals surface area contributed by atoms with Gasteiger partial charge in [-0.3, -0.25) is 5.10 Å². The molecule has 0 saturated carbocycles. The highest BCUT2D eigenvalue weighted by molar-refractivity contribution is 5.78. The zero-order chi connectivity index (χ0) is 20.4. The maximum atomic E-state index is 12.6. The first-order chi connectivity index (χ1) is 13.2. The molecule has 28 heavy (non-hydrogen) atoms. The van der Waals surface area contributed by atoms with E-state index in [1.807, 2.05) is 30.3 Å². The number of H-pyrrole nitrogens is 1. The standard InChI is InChI=1S/C22H24F3N3/c1-15(12-22(23,24)25)26-14-21(2,3)20(16-7-5-4-6-8-16)17-9-10-19-18(11-17)13-27-28-19/h4-11,13,20,26H,1,12,14H2,2-3H3,(H,27,28). The predicted octanol–water partition coefficient (Wildman–Crippen LogP) is 5.78. The fourth-order valence-corrected chi connectivity index (χ4v) is 3.64. The van der Waals surface area contributed by atoms with Crippen LogP contribution in [0.15, 0.2) is 67.0 Å². The lowest BCUT2D eigenvalue weighted by atomic mass is 9.71. The summed E-state index contributed by atoms with van der Waals surface area (Å²) in [4.78, 5) is 0. The smallest absolute Gasteiger partial charge is 0.388 e. The summed E-state index contributed by atoms with van der Waals surface area (Å²) in [5.41, 5.74) is 2.77. The van der Waals surface area contributed by atoms with Gasteiger partial charge in [-0.1, -0.05) is 56.8 Å². The topological polar surface area (TPSA) is 40.7 Å². The molecule has 0 bridgehead atoms. The van der Waals surface area contributed by atoms with E-state index in [0.29, 0.717) is 6.54 Å². The van der Waals surface area contributed by atoms with Crippen molar-refractivity contribution in [3.63, 3.8) is 0 Å². The Labute approximate surface area is 162 Å². The Bertz CT molecular complexity index is 942.